The van der Waals surface area contributed by atoms with E-state index >= 15 is 0 Å². The van der Waals surface area contributed by atoms with Gasteiger partial charge in [0.1, 0.15) is 13.2 Å². The van der Waals surface area contributed by atoms with Gasteiger partial charge in [0.2, 0.25) is 0 Å². The molecule has 350 valence electrons. The highest BCUT2D eigenvalue weighted by Gasteiger charge is 2.19. The van der Waals surface area contributed by atoms with Crippen molar-refractivity contribution in [2.24, 2.45) is 5.92 Å². The first kappa shape index (κ1) is 57.4. The Hall–Kier alpha value is -1.59. The maximum Gasteiger partial charge on any atom is 0.306 e. The minimum atomic E-state index is -0.761. The van der Waals surface area contributed by atoms with Crippen LogP contribution in [0, 0.1) is 5.92 Å². The quantitative estimate of drug-likeness (QED) is 0.0345. The summed E-state index contributed by atoms with van der Waals surface area (Å²) in [5, 5.41) is 0. The maximum absolute atomic E-state index is 12.8. The third kappa shape index (κ3) is 47.3. The number of hydrogen-bond donors (Lipinski definition) is 0. The lowest BCUT2D eigenvalue weighted by atomic mass is 10.0. The number of rotatable bonds is 48. The fourth-order valence-electron chi connectivity index (χ4n) is 8.04. The molecular weight excluding hydrogens is 733 g/mol. The molecule has 0 rings (SSSR count). The summed E-state index contributed by atoms with van der Waals surface area (Å²) < 4.78 is 16.8. The van der Waals surface area contributed by atoms with E-state index in [-0.39, 0.29) is 31.1 Å². The Morgan fingerprint density at radius 2 is 0.559 bits per heavy atom. The van der Waals surface area contributed by atoms with Crippen LogP contribution in [0.25, 0.3) is 0 Å². The van der Waals surface area contributed by atoms with Crippen LogP contribution in [0.4, 0.5) is 0 Å². The molecule has 0 aliphatic heterocycles. The van der Waals surface area contributed by atoms with Crippen LogP contribution < -0.4 is 0 Å². The van der Waals surface area contributed by atoms with Crippen LogP contribution in [0.5, 0.6) is 0 Å². The van der Waals surface area contributed by atoms with Gasteiger partial charge in [0, 0.05) is 19.3 Å². The highest BCUT2D eigenvalue weighted by atomic mass is 16.6. The van der Waals surface area contributed by atoms with Crippen LogP contribution in [0.2, 0.25) is 0 Å². The molecule has 6 heteroatoms. The van der Waals surface area contributed by atoms with Gasteiger partial charge in [-0.25, -0.2) is 0 Å². The molecule has 0 N–H and O–H groups in total. The number of carbonyl (C=O) groups is 3. The largest absolute Gasteiger partial charge is 0.462 e. The van der Waals surface area contributed by atoms with Gasteiger partial charge in [-0.2, -0.15) is 0 Å². The van der Waals surface area contributed by atoms with Crippen LogP contribution in [0.1, 0.15) is 297 Å². The summed E-state index contributed by atoms with van der Waals surface area (Å²) >= 11 is 0. The van der Waals surface area contributed by atoms with E-state index in [1.807, 2.05) is 0 Å². The fraction of sp³-hybridized carbons (Fsp3) is 0.943. The van der Waals surface area contributed by atoms with Crippen molar-refractivity contribution in [3.8, 4) is 0 Å². The molecule has 0 aromatic heterocycles. The van der Waals surface area contributed by atoms with E-state index in [4.69, 9.17) is 14.2 Å². The van der Waals surface area contributed by atoms with Crippen LogP contribution >= 0.6 is 0 Å². The Balaban J connectivity index is 4.24. The molecular formula is C53H102O6. The van der Waals surface area contributed by atoms with Crippen molar-refractivity contribution in [1.82, 2.24) is 0 Å². The first-order valence-corrected chi connectivity index (χ1v) is 26.4. The van der Waals surface area contributed by atoms with Crippen LogP contribution in [0.15, 0.2) is 0 Å². The van der Waals surface area contributed by atoms with Gasteiger partial charge in [-0.1, -0.05) is 259 Å². The lowest BCUT2D eigenvalue weighted by Gasteiger charge is -2.18. The number of ether oxygens (including phenoxy) is 3. The molecule has 0 unspecified atom stereocenters. The summed E-state index contributed by atoms with van der Waals surface area (Å²) in [5.74, 6) is -0.0657. The summed E-state index contributed by atoms with van der Waals surface area (Å²) in [4.78, 5) is 37.9. The molecule has 6 nitrogen and oxygen atoms in total. The van der Waals surface area contributed by atoms with Crippen LogP contribution in [-0.2, 0) is 28.6 Å². The lowest BCUT2D eigenvalue weighted by molar-refractivity contribution is -0.167. The van der Waals surface area contributed by atoms with Crippen molar-refractivity contribution >= 4 is 17.9 Å². The normalized spacial score (nSPS) is 11.9. The zero-order valence-corrected chi connectivity index (χ0v) is 40.2. The van der Waals surface area contributed by atoms with E-state index in [1.54, 1.807) is 0 Å². The number of unbranched alkanes of at least 4 members (excludes halogenated alkanes) is 35. The third-order valence-corrected chi connectivity index (χ3v) is 12.0. The summed E-state index contributed by atoms with van der Waals surface area (Å²) in [6.45, 7) is 8.98. The summed E-state index contributed by atoms with van der Waals surface area (Å²) in [6, 6.07) is 0. The first-order chi connectivity index (χ1) is 28.9. The molecule has 0 saturated heterocycles. The van der Waals surface area contributed by atoms with Gasteiger partial charge in [0.05, 0.1) is 0 Å². The Labute approximate surface area is 368 Å². The molecule has 1 atom stereocenters. The molecule has 59 heavy (non-hydrogen) atoms. The zero-order chi connectivity index (χ0) is 43.1. The molecule has 0 bridgehead atoms. The van der Waals surface area contributed by atoms with Crippen molar-refractivity contribution in [3.05, 3.63) is 0 Å². The van der Waals surface area contributed by atoms with Gasteiger partial charge in [0.25, 0.3) is 0 Å². The number of esters is 3. The Morgan fingerprint density at radius 1 is 0.322 bits per heavy atom. The fourth-order valence-corrected chi connectivity index (χ4v) is 8.04. The SMILES string of the molecule is CCCCCCCCCCCCCCCCCCCCCC(=O)O[C@@H](COC(=O)CCCCCCCCCCCCCC)COC(=O)CCCCCCCCCC(C)C. The van der Waals surface area contributed by atoms with Gasteiger partial charge >= 0.3 is 17.9 Å². The maximum atomic E-state index is 12.8. The molecule has 0 aliphatic rings. The van der Waals surface area contributed by atoms with Crippen LogP contribution in [0.3, 0.4) is 0 Å². The zero-order valence-electron chi connectivity index (χ0n) is 40.2. The monoisotopic (exact) mass is 835 g/mol. The van der Waals surface area contributed by atoms with Gasteiger partial charge in [-0.15, -0.1) is 0 Å². The second-order valence-corrected chi connectivity index (χ2v) is 18.6. The van der Waals surface area contributed by atoms with Crippen molar-refractivity contribution in [1.29, 1.82) is 0 Å². The third-order valence-electron chi connectivity index (χ3n) is 12.0. The highest BCUT2D eigenvalue weighted by molar-refractivity contribution is 5.71. The second kappa shape index (κ2) is 47.5. The molecule has 0 amide bonds. The van der Waals surface area contributed by atoms with E-state index in [0.29, 0.717) is 19.3 Å². The Kier molecular flexibility index (Phi) is 46.2. The van der Waals surface area contributed by atoms with Crippen LogP contribution in [-0.4, -0.2) is 37.2 Å². The average molecular weight is 835 g/mol. The van der Waals surface area contributed by atoms with E-state index in [9.17, 15) is 14.4 Å². The molecule has 0 aliphatic carbocycles. The highest BCUT2D eigenvalue weighted by Crippen LogP contribution is 2.17. The molecule has 0 saturated carbocycles. The Morgan fingerprint density at radius 3 is 0.831 bits per heavy atom. The number of carbonyl (C=O) groups excluding carboxylic acids is 3. The average Bonchev–Trinajstić information content (AvgIpc) is 3.22. The standard InChI is InChI=1S/C53H102O6/c1-5-7-9-11-13-15-17-19-20-21-22-23-24-25-27-29-33-38-42-46-53(56)59-50(48-58-52(55)45-41-37-34-30-31-35-39-43-49(3)4)47-57-51(54)44-40-36-32-28-26-18-16-14-12-10-8-6-2/h49-50H,5-48H2,1-4H3/t50-/m0/s1. The predicted octanol–water partition coefficient (Wildman–Crippen LogP) is 17.1. The van der Waals surface area contributed by atoms with Crippen molar-refractivity contribution < 1.29 is 28.6 Å². The summed E-state index contributed by atoms with van der Waals surface area (Å²) in [5.41, 5.74) is 0. The van der Waals surface area contributed by atoms with Crippen molar-refractivity contribution in [2.75, 3.05) is 13.2 Å². The molecule has 0 fully saturated rings. The summed E-state index contributed by atoms with van der Waals surface area (Å²) in [7, 11) is 0. The van der Waals surface area contributed by atoms with Crippen molar-refractivity contribution in [2.45, 2.75) is 303 Å². The molecule has 0 radical (unpaired) electrons. The van der Waals surface area contributed by atoms with E-state index in [1.165, 1.54) is 193 Å². The van der Waals surface area contributed by atoms with E-state index in [0.717, 1.165) is 63.7 Å². The minimum Gasteiger partial charge on any atom is -0.462 e. The van der Waals surface area contributed by atoms with Crippen molar-refractivity contribution in [3.63, 3.8) is 0 Å². The molecule has 0 heterocycles. The first-order valence-electron chi connectivity index (χ1n) is 26.4. The topological polar surface area (TPSA) is 78.9 Å². The van der Waals surface area contributed by atoms with E-state index in [2.05, 4.69) is 27.7 Å². The Bertz CT molecular complexity index is 887. The molecule has 0 aromatic rings. The predicted molar refractivity (Wildman–Crippen MR) is 252 cm³/mol. The number of hydrogen-bond acceptors (Lipinski definition) is 6. The minimum absolute atomic E-state index is 0.0634. The van der Waals surface area contributed by atoms with Gasteiger partial charge in [-0.05, 0) is 25.2 Å². The molecule has 0 spiro atoms. The van der Waals surface area contributed by atoms with Gasteiger partial charge < -0.3 is 14.2 Å². The lowest BCUT2D eigenvalue weighted by Crippen LogP contribution is -2.30. The molecule has 0 aromatic carbocycles. The van der Waals surface area contributed by atoms with E-state index < -0.39 is 6.10 Å². The van der Waals surface area contributed by atoms with Gasteiger partial charge in [-0.3, -0.25) is 14.4 Å². The summed E-state index contributed by atoms with van der Waals surface area (Å²) in [6.07, 6.45) is 49.6. The smallest absolute Gasteiger partial charge is 0.306 e. The second-order valence-electron chi connectivity index (χ2n) is 18.6. The van der Waals surface area contributed by atoms with Gasteiger partial charge in [0.15, 0.2) is 6.10 Å².